The van der Waals surface area contributed by atoms with E-state index in [2.05, 4.69) is 15.0 Å². The number of oxazole rings is 1. The molecule has 0 bridgehead atoms. The lowest BCUT2D eigenvalue weighted by Crippen LogP contribution is -2.14. The molecule has 0 aliphatic carbocycles. The summed E-state index contributed by atoms with van der Waals surface area (Å²) in [7, 11) is -2.27. The highest BCUT2D eigenvalue weighted by Crippen LogP contribution is 2.24. The van der Waals surface area contributed by atoms with Gasteiger partial charge in [-0.05, 0) is 66.7 Å². The van der Waals surface area contributed by atoms with Gasteiger partial charge >= 0.3 is 0 Å². The molecule has 0 spiro atoms. The Hall–Kier alpha value is -3.85. The van der Waals surface area contributed by atoms with E-state index < -0.39 is 10.0 Å². The van der Waals surface area contributed by atoms with E-state index in [9.17, 15) is 13.2 Å². The van der Waals surface area contributed by atoms with E-state index in [1.807, 2.05) is 13.8 Å². The lowest BCUT2D eigenvalue weighted by molar-refractivity contribution is 0.102. The zero-order chi connectivity index (χ0) is 23.6. The maximum Gasteiger partial charge on any atom is 0.261 e. The minimum absolute atomic E-state index is 0.0418. The monoisotopic (exact) mass is 465 g/mol. The summed E-state index contributed by atoms with van der Waals surface area (Å²) < 4.78 is 38.5. The molecular weight excluding hydrogens is 442 g/mol. The van der Waals surface area contributed by atoms with Crippen LogP contribution in [0.25, 0.3) is 11.1 Å². The molecule has 9 heteroatoms. The van der Waals surface area contributed by atoms with Crippen LogP contribution in [-0.2, 0) is 10.0 Å². The summed E-state index contributed by atoms with van der Waals surface area (Å²) >= 11 is 0. The molecule has 0 unspecified atom stereocenters. The molecule has 0 saturated carbocycles. The molecule has 33 heavy (non-hydrogen) atoms. The average molecular weight is 466 g/mol. The molecule has 1 aromatic heterocycles. The van der Waals surface area contributed by atoms with Gasteiger partial charge in [0, 0.05) is 22.9 Å². The molecule has 0 atom stereocenters. The van der Waals surface area contributed by atoms with Crippen molar-refractivity contribution in [2.24, 2.45) is 0 Å². The summed E-state index contributed by atoms with van der Waals surface area (Å²) in [5, 5.41) is 2.80. The number of hydrogen-bond donors (Lipinski definition) is 2. The Morgan fingerprint density at radius 2 is 1.64 bits per heavy atom. The van der Waals surface area contributed by atoms with E-state index in [-0.39, 0.29) is 16.7 Å². The molecule has 8 nitrogen and oxygen atoms in total. The van der Waals surface area contributed by atoms with Crippen molar-refractivity contribution in [1.82, 2.24) is 4.98 Å². The first-order valence-corrected chi connectivity index (χ1v) is 11.7. The molecule has 170 valence electrons. The van der Waals surface area contributed by atoms with Crippen LogP contribution in [0.5, 0.6) is 5.75 Å². The zero-order valence-corrected chi connectivity index (χ0v) is 19.1. The van der Waals surface area contributed by atoms with Crippen molar-refractivity contribution in [2.75, 3.05) is 17.1 Å². The van der Waals surface area contributed by atoms with Crippen LogP contribution in [0.2, 0.25) is 0 Å². The Labute approximate surface area is 191 Å². The number of anilines is 2. The Morgan fingerprint density at radius 3 is 2.27 bits per heavy atom. The van der Waals surface area contributed by atoms with Gasteiger partial charge in [-0.2, -0.15) is 0 Å². The number of aromatic nitrogens is 1. The molecule has 0 aliphatic rings. The number of fused-ring (bicyclic) bond motifs is 1. The van der Waals surface area contributed by atoms with Gasteiger partial charge < -0.3 is 14.5 Å². The van der Waals surface area contributed by atoms with Crippen molar-refractivity contribution in [2.45, 2.75) is 24.7 Å². The second kappa shape index (κ2) is 8.95. The summed E-state index contributed by atoms with van der Waals surface area (Å²) in [6.07, 6.45) is 0. The predicted octanol–water partition coefficient (Wildman–Crippen LogP) is 5.01. The predicted molar refractivity (Wildman–Crippen MR) is 126 cm³/mol. The summed E-state index contributed by atoms with van der Waals surface area (Å²) in [6.45, 7) is 3.98. The third kappa shape index (κ3) is 4.98. The first kappa shape index (κ1) is 22.3. The fourth-order valence-electron chi connectivity index (χ4n) is 3.13. The molecule has 0 saturated heterocycles. The first-order chi connectivity index (χ1) is 15.7. The van der Waals surface area contributed by atoms with E-state index in [0.717, 1.165) is 0 Å². The number of methoxy groups -OCH3 is 1. The number of sulfonamides is 1. The number of amides is 1. The highest BCUT2D eigenvalue weighted by atomic mass is 32.2. The Morgan fingerprint density at radius 1 is 0.970 bits per heavy atom. The van der Waals surface area contributed by atoms with Crippen LogP contribution in [0.15, 0.2) is 76.0 Å². The highest BCUT2D eigenvalue weighted by Gasteiger charge is 2.16. The van der Waals surface area contributed by atoms with Crippen molar-refractivity contribution in [1.29, 1.82) is 0 Å². The minimum Gasteiger partial charge on any atom is -0.497 e. The number of hydrogen-bond acceptors (Lipinski definition) is 6. The zero-order valence-electron chi connectivity index (χ0n) is 18.3. The fraction of sp³-hybridized carbons (Fsp3) is 0.167. The van der Waals surface area contributed by atoms with Gasteiger partial charge in [0.05, 0.1) is 12.0 Å². The number of nitrogens with zero attached hydrogens (tertiary/aromatic N) is 1. The van der Waals surface area contributed by atoms with Crippen molar-refractivity contribution in [3.8, 4) is 5.75 Å². The molecule has 0 fully saturated rings. The topological polar surface area (TPSA) is 111 Å². The number of benzene rings is 3. The molecule has 4 rings (SSSR count). The second-order valence-electron chi connectivity index (χ2n) is 7.70. The van der Waals surface area contributed by atoms with Crippen molar-refractivity contribution in [3.05, 3.63) is 78.2 Å². The van der Waals surface area contributed by atoms with E-state index in [1.165, 1.54) is 31.4 Å². The first-order valence-electron chi connectivity index (χ1n) is 10.2. The third-order valence-corrected chi connectivity index (χ3v) is 6.32. The van der Waals surface area contributed by atoms with E-state index in [4.69, 9.17) is 9.15 Å². The van der Waals surface area contributed by atoms with E-state index in [1.54, 1.807) is 42.5 Å². The van der Waals surface area contributed by atoms with Crippen LogP contribution in [-0.4, -0.2) is 26.4 Å². The number of carbonyl (C=O) groups excluding carboxylic acids is 1. The van der Waals surface area contributed by atoms with Crippen LogP contribution in [0.3, 0.4) is 0 Å². The largest absolute Gasteiger partial charge is 0.497 e. The number of carbonyl (C=O) groups is 1. The number of ether oxygens (including phenoxy) is 1. The van der Waals surface area contributed by atoms with Gasteiger partial charge in [0.1, 0.15) is 11.3 Å². The molecule has 1 amide bonds. The van der Waals surface area contributed by atoms with E-state index in [0.29, 0.717) is 39.7 Å². The highest BCUT2D eigenvalue weighted by molar-refractivity contribution is 7.92. The lowest BCUT2D eigenvalue weighted by atomic mass is 10.2. The van der Waals surface area contributed by atoms with Crippen LogP contribution in [0.4, 0.5) is 11.4 Å². The molecule has 3 aromatic carbocycles. The van der Waals surface area contributed by atoms with Crippen molar-refractivity contribution >= 4 is 38.4 Å². The van der Waals surface area contributed by atoms with Gasteiger partial charge in [0.2, 0.25) is 0 Å². The second-order valence-corrected chi connectivity index (χ2v) is 9.38. The van der Waals surface area contributed by atoms with Gasteiger partial charge in [-0.15, -0.1) is 0 Å². The van der Waals surface area contributed by atoms with Crippen LogP contribution < -0.4 is 14.8 Å². The normalized spacial score (nSPS) is 11.5. The van der Waals surface area contributed by atoms with E-state index >= 15 is 0 Å². The number of rotatable bonds is 7. The Balaban J connectivity index is 1.46. The third-order valence-electron chi connectivity index (χ3n) is 4.92. The van der Waals surface area contributed by atoms with Gasteiger partial charge in [0.25, 0.3) is 15.9 Å². The quantitative estimate of drug-likeness (QED) is 0.397. The molecule has 0 aliphatic heterocycles. The van der Waals surface area contributed by atoms with Gasteiger partial charge in [-0.25, -0.2) is 13.4 Å². The van der Waals surface area contributed by atoms with Crippen LogP contribution in [0.1, 0.15) is 36.0 Å². The summed E-state index contributed by atoms with van der Waals surface area (Å²) in [5.41, 5.74) is 2.59. The molecule has 1 heterocycles. The number of nitrogens with one attached hydrogen (secondary N) is 2. The van der Waals surface area contributed by atoms with Gasteiger partial charge in [0.15, 0.2) is 11.5 Å². The van der Waals surface area contributed by atoms with Crippen molar-refractivity contribution in [3.63, 3.8) is 0 Å². The van der Waals surface area contributed by atoms with Gasteiger partial charge in [-0.1, -0.05) is 13.8 Å². The SMILES string of the molecule is COc1ccc(NS(=O)(=O)c2ccc(C(=O)Nc3ccc4oc(C(C)C)nc4c3)cc2)cc1. The summed E-state index contributed by atoms with van der Waals surface area (Å²) in [5.74, 6) is 1.04. The maximum atomic E-state index is 12.6. The molecule has 2 N–H and O–H groups in total. The lowest BCUT2D eigenvalue weighted by Gasteiger charge is -2.10. The Bertz CT molecular complexity index is 1390. The summed E-state index contributed by atoms with van der Waals surface area (Å²) in [4.78, 5) is 17.1. The molecular formula is C24H23N3O5S. The smallest absolute Gasteiger partial charge is 0.261 e. The molecule has 0 radical (unpaired) electrons. The minimum atomic E-state index is -3.80. The Kier molecular flexibility index (Phi) is 6.06. The van der Waals surface area contributed by atoms with Gasteiger partial charge in [-0.3, -0.25) is 9.52 Å². The average Bonchev–Trinajstić information content (AvgIpc) is 3.23. The maximum absolute atomic E-state index is 12.6. The van der Waals surface area contributed by atoms with Crippen molar-refractivity contribution < 1.29 is 22.4 Å². The molecule has 4 aromatic rings. The van der Waals surface area contributed by atoms with Crippen LogP contribution in [0, 0.1) is 0 Å². The summed E-state index contributed by atoms with van der Waals surface area (Å²) in [6, 6.07) is 17.4. The van der Waals surface area contributed by atoms with Crippen LogP contribution >= 0.6 is 0 Å². The fourth-order valence-corrected chi connectivity index (χ4v) is 4.19. The standard InChI is InChI=1S/C24H23N3O5S/c1-15(2)24-26-21-14-18(8-13-22(21)32-24)25-23(28)16-4-11-20(12-5-16)33(29,30)27-17-6-9-19(31-3)10-7-17/h4-15,27H,1-3H3,(H,25,28).